The van der Waals surface area contributed by atoms with E-state index in [0.29, 0.717) is 12.1 Å². The molecule has 8 heteroatoms. The predicted octanol–water partition coefficient (Wildman–Crippen LogP) is 2.33. The number of halogens is 3. The molecular formula is C12H11F3N4O. The quantitative estimate of drug-likeness (QED) is 0.875. The van der Waals surface area contributed by atoms with E-state index in [1.165, 1.54) is 0 Å². The van der Waals surface area contributed by atoms with Gasteiger partial charge in [0.25, 0.3) is 0 Å². The summed E-state index contributed by atoms with van der Waals surface area (Å²) >= 11 is 0. The van der Waals surface area contributed by atoms with E-state index in [2.05, 4.69) is 15.0 Å². The van der Waals surface area contributed by atoms with Crippen LogP contribution in [-0.4, -0.2) is 21.1 Å². The van der Waals surface area contributed by atoms with Crippen LogP contribution in [0, 0.1) is 17.5 Å². The van der Waals surface area contributed by atoms with Crippen molar-refractivity contribution in [3.05, 3.63) is 29.6 Å². The Morgan fingerprint density at radius 1 is 1.00 bits per heavy atom. The zero-order valence-corrected chi connectivity index (χ0v) is 10.7. The summed E-state index contributed by atoms with van der Waals surface area (Å²) in [5, 5.41) is 0. The van der Waals surface area contributed by atoms with Crippen LogP contribution < -0.4 is 10.5 Å². The highest BCUT2D eigenvalue weighted by Crippen LogP contribution is 2.24. The van der Waals surface area contributed by atoms with Crippen molar-refractivity contribution in [2.75, 3.05) is 5.73 Å². The van der Waals surface area contributed by atoms with Crippen LogP contribution in [0.3, 0.4) is 0 Å². The van der Waals surface area contributed by atoms with Crippen LogP contribution in [0.25, 0.3) is 11.4 Å². The van der Waals surface area contributed by atoms with Gasteiger partial charge in [-0.15, -0.1) is 0 Å². The Balaban J connectivity index is 2.52. The highest BCUT2D eigenvalue weighted by molar-refractivity contribution is 5.57. The lowest BCUT2D eigenvalue weighted by Gasteiger charge is -2.09. The molecule has 0 radical (unpaired) electrons. The van der Waals surface area contributed by atoms with Gasteiger partial charge in [-0.05, 0) is 19.9 Å². The first-order chi connectivity index (χ1) is 9.36. The monoisotopic (exact) mass is 284 g/mol. The first kappa shape index (κ1) is 14.0. The molecule has 0 bridgehead atoms. The third kappa shape index (κ3) is 2.95. The molecule has 2 N–H and O–H groups in total. The topological polar surface area (TPSA) is 73.9 Å². The van der Waals surface area contributed by atoms with Crippen molar-refractivity contribution in [2.24, 2.45) is 0 Å². The lowest BCUT2D eigenvalue weighted by molar-refractivity contribution is 0.222. The summed E-state index contributed by atoms with van der Waals surface area (Å²) in [6.45, 7) is 3.47. The predicted molar refractivity (Wildman–Crippen MR) is 65.3 cm³/mol. The lowest BCUT2D eigenvalue weighted by atomic mass is 10.2. The maximum Gasteiger partial charge on any atom is 0.322 e. The van der Waals surface area contributed by atoms with Crippen molar-refractivity contribution in [1.29, 1.82) is 0 Å². The molecule has 2 rings (SSSR count). The van der Waals surface area contributed by atoms with E-state index in [9.17, 15) is 13.2 Å². The highest BCUT2D eigenvalue weighted by Gasteiger charge is 2.16. The fourth-order valence-electron chi connectivity index (χ4n) is 1.45. The maximum atomic E-state index is 13.7. The van der Waals surface area contributed by atoms with Crippen LogP contribution in [0.5, 0.6) is 6.01 Å². The van der Waals surface area contributed by atoms with E-state index in [4.69, 9.17) is 10.5 Å². The molecule has 0 saturated heterocycles. The van der Waals surface area contributed by atoms with E-state index in [1.54, 1.807) is 13.8 Å². The maximum absolute atomic E-state index is 13.7. The summed E-state index contributed by atoms with van der Waals surface area (Å²) in [5.74, 6) is -3.97. The smallest absolute Gasteiger partial charge is 0.322 e. The summed E-state index contributed by atoms with van der Waals surface area (Å²) < 4.78 is 44.9. The Kier molecular flexibility index (Phi) is 3.73. The molecule has 1 heterocycles. The molecule has 0 aliphatic carbocycles. The van der Waals surface area contributed by atoms with Crippen LogP contribution in [0.4, 0.5) is 19.1 Å². The van der Waals surface area contributed by atoms with Crippen LogP contribution in [0.2, 0.25) is 0 Å². The number of nitrogens with two attached hydrogens (primary N) is 1. The van der Waals surface area contributed by atoms with Crippen LogP contribution in [0.1, 0.15) is 13.8 Å². The van der Waals surface area contributed by atoms with Crippen molar-refractivity contribution >= 4 is 5.95 Å². The Labute approximate surface area is 112 Å². The van der Waals surface area contributed by atoms with Crippen LogP contribution in [0.15, 0.2) is 12.1 Å². The molecule has 0 aliphatic rings. The molecule has 0 atom stereocenters. The second-order valence-corrected chi connectivity index (χ2v) is 4.21. The fraction of sp³-hybridized carbons (Fsp3) is 0.250. The normalized spacial score (nSPS) is 10.9. The first-order valence-electron chi connectivity index (χ1n) is 5.70. The molecule has 5 nitrogen and oxygen atoms in total. The fourth-order valence-corrected chi connectivity index (χ4v) is 1.45. The Morgan fingerprint density at radius 3 is 2.30 bits per heavy atom. The zero-order valence-electron chi connectivity index (χ0n) is 10.7. The summed E-state index contributed by atoms with van der Waals surface area (Å²) in [5.41, 5.74) is 5.13. The van der Waals surface area contributed by atoms with Gasteiger partial charge in [-0.1, -0.05) is 0 Å². The van der Waals surface area contributed by atoms with Gasteiger partial charge in [0, 0.05) is 6.07 Å². The number of aromatic nitrogens is 3. The summed E-state index contributed by atoms with van der Waals surface area (Å²) in [6, 6.07) is 0.943. The highest BCUT2D eigenvalue weighted by atomic mass is 19.2. The number of ether oxygens (including phenoxy) is 1. The molecule has 0 unspecified atom stereocenters. The number of benzene rings is 1. The number of hydrogen-bond donors (Lipinski definition) is 1. The minimum atomic E-state index is -1.30. The Hall–Kier alpha value is -2.38. The number of nitrogens with zero attached hydrogens (tertiary/aromatic N) is 3. The second kappa shape index (κ2) is 5.32. The molecular weight excluding hydrogens is 273 g/mol. The van der Waals surface area contributed by atoms with Crippen molar-refractivity contribution < 1.29 is 17.9 Å². The number of rotatable bonds is 3. The van der Waals surface area contributed by atoms with E-state index in [0.717, 1.165) is 0 Å². The summed E-state index contributed by atoms with van der Waals surface area (Å²) in [7, 11) is 0. The number of hydrogen-bond acceptors (Lipinski definition) is 5. The van der Waals surface area contributed by atoms with Gasteiger partial charge in [-0.25, -0.2) is 13.2 Å². The molecule has 106 valence electrons. The minimum absolute atomic E-state index is 0.119. The van der Waals surface area contributed by atoms with E-state index in [1.807, 2.05) is 0 Å². The van der Waals surface area contributed by atoms with Gasteiger partial charge < -0.3 is 10.5 Å². The molecule has 1 aromatic heterocycles. The second-order valence-electron chi connectivity index (χ2n) is 4.21. The van der Waals surface area contributed by atoms with Crippen molar-refractivity contribution in [1.82, 2.24) is 15.0 Å². The molecule has 0 aliphatic heterocycles. The Morgan fingerprint density at radius 2 is 1.65 bits per heavy atom. The van der Waals surface area contributed by atoms with Gasteiger partial charge >= 0.3 is 6.01 Å². The van der Waals surface area contributed by atoms with Gasteiger partial charge in [0.1, 0.15) is 5.82 Å². The minimum Gasteiger partial charge on any atom is -0.461 e. The Bertz CT molecular complexity index is 649. The van der Waals surface area contributed by atoms with Crippen molar-refractivity contribution in [2.45, 2.75) is 20.0 Å². The molecule has 2 aromatic rings. The molecule has 0 fully saturated rings. The first-order valence-corrected chi connectivity index (χ1v) is 5.70. The average molecular weight is 284 g/mol. The van der Waals surface area contributed by atoms with Gasteiger partial charge in [-0.2, -0.15) is 15.0 Å². The van der Waals surface area contributed by atoms with E-state index >= 15 is 0 Å². The average Bonchev–Trinajstić information content (AvgIpc) is 2.32. The van der Waals surface area contributed by atoms with Crippen LogP contribution in [-0.2, 0) is 0 Å². The third-order valence-corrected chi connectivity index (χ3v) is 2.22. The number of anilines is 1. The molecule has 20 heavy (non-hydrogen) atoms. The lowest BCUT2D eigenvalue weighted by Crippen LogP contribution is -2.11. The largest absolute Gasteiger partial charge is 0.461 e. The van der Waals surface area contributed by atoms with Crippen LogP contribution >= 0.6 is 0 Å². The summed E-state index contributed by atoms with van der Waals surface area (Å²) in [4.78, 5) is 11.2. The molecule has 0 amide bonds. The SMILES string of the molecule is CC(C)Oc1nc(N)nc(-c2cc(F)c(F)cc2F)n1. The summed E-state index contributed by atoms with van der Waals surface area (Å²) in [6.07, 6.45) is -0.237. The zero-order chi connectivity index (χ0) is 14.9. The van der Waals surface area contributed by atoms with Gasteiger partial charge in [-0.3, -0.25) is 0 Å². The molecule has 0 saturated carbocycles. The van der Waals surface area contributed by atoms with Gasteiger partial charge in [0.2, 0.25) is 5.95 Å². The third-order valence-electron chi connectivity index (χ3n) is 2.22. The van der Waals surface area contributed by atoms with Crippen molar-refractivity contribution in [3.8, 4) is 17.4 Å². The number of nitrogen functional groups attached to an aromatic ring is 1. The van der Waals surface area contributed by atoms with Crippen molar-refractivity contribution in [3.63, 3.8) is 0 Å². The van der Waals surface area contributed by atoms with E-state index < -0.39 is 17.5 Å². The standard InChI is InChI=1S/C12H11F3N4O/c1-5(2)20-12-18-10(17-11(16)19-12)6-3-8(14)9(15)4-7(6)13/h3-5H,1-2H3,(H2,16,17,18,19). The van der Waals surface area contributed by atoms with E-state index in [-0.39, 0.29) is 29.5 Å². The molecule has 0 spiro atoms. The van der Waals surface area contributed by atoms with Gasteiger partial charge in [0.05, 0.1) is 11.7 Å². The molecule has 1 aromatic carbocycles. The van der Waals surface area contributed by atoms with Gasteiger partial charge in [0.15, 0.2) is 17.5 Å².